The fourth-order valence-electron chi connectivity index (χ4n) is 2.77. The standard InChI is InChI=1S/C18H26N2O3/c1-18(2,3)17(22)20-11-5-6-13(12-20)16(21)19-14-7-9-15(23-4)10-8-14/h7-10,13H,5-6,11-12H2,1-4H3,(H,19,21). The predicted octanol–water partition coefficient (Wildman–Crippen LogP) is 2.92. The van der Waals surface area contributed by atoms with E-state index in [0.717, 1.165) is 30.8 Å². The minimum absolute atomic E-state index is 0.0263. The number of hydrogen-bond acceptors (Lipinski definition) is 3. The summed E-state index contributed by atoms with van der Waals surface area (Å²) in [6.07, 6.45) is 1.68. The van der Waals surface area contributed by atoms with Crippen molar-refractivity contribution >= 4 is 17.5 Å². The molecule has 2 rings (SSSR count). The first-order valence-electron chi connectivity index (χ1n) is 8.05. The number of carbonyl (C=O) groups excluding carboxylic acids is 2. The molecule has 1 aliphatic rings. The summed E-state index contributed by atoms with van der Waals surface area (Å²) in [7, 11) is 1.61. The number of anilines is 1. The average molecular weight is 318 g/mol. The van der Waals surface area contributed by atoms with Gasteiger partial charge in [-0.1, -0.05) is 20.8 Å². The highest BCUT2D eigenvalue weighted by Gasteiger charge is 2.33. The Bertz CT molecular complexity index is 561. The Morgan fingerprint density at radius 1 is 1.22 bits per heavy atom. The van der Waals surface area contributed by atoms with Crippen molar-refractivity contribution in [1.29, 1.82) is 0 Å². The minimum Gasteiger partial charge on any atom is -0.497 e. The van der Waals surface area contributed by atoms with E-state index in [-0.39, 0.29) is 17.7 Å². The molecule has 1 aromatic carbocycles. The van der Waals surface area contributed by atoms with Gasteiger partial charge < -0.3 is 15.0 Å². The predicted molar refractivity (Wildman–Crippen MR) is 90.4 cm³/mol. The van der Waals surface area contributed by atoms with Crippen molar-refractivity contribution in [1.82, 2.24) is 4.90 Å². The van der Waals surface area contributed by atoms with Crippen molar-refractivity contribution in [2.24, 2.45) is 11.3 Å². The number of amides is 2. The molecule has 1 aromatic rings. The zero-order chi connectivity index (χ0) is 17.0. The van der Waals surface area contributed by atoms with Gasteiger partial charge in [0, 0.05) is 24.2 Å². The molecule has 2 amide bonds. The van der Waals surface area contributed by atoms with E-state index < -0.39 is 5.41 Å². The van der Waals surface area contributed by atoms with Crippen LogP contribution in [0.5, 0.6) is 5.75 Å². The lowest BCUT2D eigenvalue weighted by Gasteiger charge is -2.35. The van der Waals surface area contributed by atoms with Gasteiger partial charge in [0.05, 0.1) is 13.0 Å². The Morgan fingerprint density at radius 2 is 1.87 bits per heavy atom. The molecule has 0 radical (unpaired) electrons. The molecular formula is C18H26N2O3. The van der Waals surface area contributed by atoms with Gasteiger partial charge in [-0.3, -0.25) is 9.59 Å². The van der Waals surface area contributed by atoms with Crippen molar-refractivity contribution in [2.75, 3.05) is 25.5 Å². The molecule has 1 atom stereocenters. The molecule has 1 saturated heterocycles. The largest absolute Gasteiger partial charge is 0.497 e. The Kier molecular flexibility index (Phi) is 5.29. The molecule has 1 heterocycles. The van der Waals surface area contributed by atoms with E-state index in [0.29, 0.717) is 6.54 Å². The first-order chi connectivity index (χ1) is 10.8. The number of nitrogens with one attached hydrogen (secondary N) is 1. The molecule has 5 heteroatoms. The van der Waals surface area contributed by atoms with Gasteiger partial charge in [-0.05, 0) is 37.1 Å². The molecule has 5 nitrogen and oxygen atoms in total. The van der Waals surface area contributed by atoms with E-state index in [1.54, 1.807) is 7.11 Å². The van der Waals surface area contributed by atoms with Gasteiger partial charge >= 0.3 is 0 Å². The third-order valence-electron chi connectivity index (χ3n) is 4.08. The van der Waals surface area contributed by atoms with E-state index in [2.05, 4.69) is 5.32 Å². The van der Waals surface area contributed by atoms with E-state index in [1.807, 2.05) is 49.9 Å². The number of rotatable bonds is 3. The molecule has 0 spiro atoms. The molecule has 0 bridgehead atoms. The van der Waals surface area contributed by atoms with Gasteiger partial charge in [-0.2, -0.15) is 0 Å². The second kappa shape index (κ2) is 7.02. The Hall–Kier alpha value is -2.04. The molecule has 1 fully saturated rings. The third kappa shape index (κ3) is 4.47. The number of piperidine rings is 1. The summed E-state index contributed by atoms with van der Waals surface area (Å²) in [6, 6.07) is 7.26. The number of ether oxygens (including phenoxy) is 1. The van der Waals surface area contributed by atoms with Crippen LogP contribution in [0.3, 0.4) is 0 Å². The normalized spacial score (nSPS) is 18.4. The highest BCUT2D eigenvalue weighted by atomic mass is 16.5. The van der Waals surface area contributed by atoms with Crippen LogP contribution >= 0.6 is 0 Å². The van der Waals surface area contributed by atoms with Crippen molar-refractivity contribution < 1.29 is 14.3 Å². The molecule has 1 N–H and O–H groups in total. The highest BCUT2D eigenvalue weighted by molar-refractivity contribution is 5.93. The van der Waals surface area contributed by atoms with Crippen LogP contribution in [0.4, 0.5) is 5.69 Å². The molecule has 0 aliphatic carbocycles. The SMILES string of the molecule is COc1ccc(NC(=O)C2CCCN(C(=O)C(C)(C)C)C2)cc1. The summed E-state index contributed by atoms with van der Waals surface area (Å²) in [4.78, 5) is 26.7. The highest BCUT2D eigenvalue weighted by Crippen LogP contribution is 2.24. The summed E-state index contributed by atoms with van der Waals surface area (Å²) in [5.41, 5.74) is 0.337. The number of nitrogens with zero attached hydrogens (tertiary/aromatic N) is 1. The summed E-state index contributed by atoms with van der Waals surface area (Å²) in [5.74, 6) is 0.681. The maximum absolute atomic E-state index is 12.5. The Labute approximate surface area is 138 Å². The van der Waals surface area contributed by atoms with Gasteiger partial charge in [0.2, 0.25) is 11.8 Å². The fourth-order valence-corrected chi connectivity index (χ4v) is 2.77. The molecular weight excluding hydrogens is 292 g/mol. The first-order valence-corrected chi connectivity index (χ1v) is 8.05. The summed E-state index contributed by atoms with van der Waals surface area (Å²) in [6.45, 7) is 6.98. The van der Waals surface area contributed by atoms with Crippen molar-refractivity contribution in [3.05, 3.63) is 24.3 Å². The second-order valence-electron chi connectivity index (χ2n) is 7.06. The lowest BCUT2D eigenvalue weighted by molar-refractivity contribution is -0.142. The van der Waals surface area contributed by atoms with Crippen LogP contribution < -0.4 is 10.1 Å². The molecule has 1 aliphatic heterocycles. The van der Waals surface area contributed by atoms with Crippen LogP contribution in [0.1, 0.15) is 33.6 Å². The Balaban J connectivity index is 1.97. The van der Waals surface area contributed by atoms with E-state index >= 15 is 0 Å². The summed E-state index contributed by atoms with van der Waals surface area (Å²) in [5, 5.41) is 2.93. The maximum atomic E-state index is 12.5. The topological polar surface area (TPSA) is 58.6 Å². The van der Waals surface area contributed by atoms with Crippen LogP contribution in [0.25, 0.3) is 0 Å². The van der Waals surface area contributed by atoms with Crippen LogP contribution in [0.15, 0.2) is 24.3 Å². The third-order valence-corrected chi connectivity index (χ3v) is 4.08. The van der Waals surface area contributed by atoms with Gasteiger partial charge in [0.25, 0.3) is 0 Å². The van der Waals surface area contributed by atoms with Crippen molar-refractivity contribution in [3.8, 4) is 5.75 Å². The quantitative estimate of drug-likeness (QED) is 0.932. The first kappa shape index (κ1) is 17.3. The van der Waals surface area contributed by atoms with E-state index in [4.69, 9.17) is 4.74 Å². The fraction of sp³-hybridized carbons (Fsp3) is 0.556. The van der Waals surface area contributed by atoms with Crippen LogP contribution in [-0.2, 0) is 9.59 Å². The zero-order valence-corrected chi connectivity index (χ0v) is 14.4. The minimum atomic E-state index is -0.408. The number of benzene rings is 1. The van der Waals surface area contributed by atoms with Gasteiger partial charge in [-0.15, -0.1) is 0 Å². The summed E-state index contributed by atoms with van der Waals surface area (Å²) >= 11 is 0. The Morgan fingerprint density at radius 3 is 2.43 bits per heavy atom. The summed E-state index contributed by atoms with van der Waals surface area (Å²) < 4.78 is 5.11. The number of likely N-dealkylation sites (tertiary alicyclic amines) is 1. The molecule has 1 unspecified atom stereocenters. The second-order valence-corrected chi connectivity index (χ2v) is 7.06. The lowest BCUT2D eigenvalue weighted by Crippen LogP contribution is -2.47. The molecule has 126 valence electrons. The van der Waals surface area contributed by atoms with Crippen LogP contribution in [0, 0.1) is 11.3 Å². The monoisotopic (exact) mass is 318 g/mol. The van der Waals surface area contributed by atoms with Gasteiger partial charge in [-0.25, -0.2) is 0 Å². The van der Waals surface area contributed by atoms with Crippen molar-refractivity contribution in [3.63, 3.8) is 0 Å². The molecule has 0 saturated carbocycles. The number of hydrogen-bond donors (Lipinski definition) is 1. The molecule has 23 heavy (non-hydrogen) atoms. The smallest absolute Gasteiger partial charge is 0.229 e. The maximum Gasteiger partial charge on any atom is 0.229 e. The zero-order valence-electron chi connectivity index (χ0n) is 14.4. The van der Waals surface area contributed by atoms with Crippen LogP contribution in [-0.4, -0.2) is 36.9 Å². The van der Waals surface area contributed by atoms with E-state index in [1.165, 1.54) is 0 Å². The van der Waals surface area contributed by atoms with Crippen molar-refractivity contribution in [2.45, 2.75) is 33.6 Å². The lowest BCUT2D eigenvalue weighted by atomic mass is 9.91. The van der Waals surface area contributed by atoms with Gasteiger partial charge in [0.15, 0.2) is 0 Å². The average Bonchev–Trinajstić information content (AvgIpc) is 2.54. The number of methoxy groups -OCH3 is 1. The van der Waals surface area contributed by atoms with Crippen LogP contribution in [0.2, 0.25) is 0 Å². The molecule has 0 aromatic heterocycles. The van der Waals surface area contributed by atoms with Gasteiger partial charge in [0.1, 0.15) is 5.75 Å². The van der Waals surface area contributed by atoms with E-state index in [9.17, 15) is 9.59 Å². The number of carbonyl (C=O) groups is 2.